The van der Waals surface area contributed by atoms with Gasteiger partial charge in [0.1, 0.15) is 0 Å². The van der Waals surface area contributed by atoms with Crippen LogP contribution in [0.5, 0.6) is 0 Å². The van der Waals surface area contributed by atoms with Crippen molar-refractivity contribution in [2.45, 2.75) is 18.6 Å². The van der Waals surface area contributed by atoms with E-state index in [0.29, 0.717) is 23.5 Å². The summed E-state index contributed by atoms with van der Waals surface area (Å²) >= 11 is 0. The third-order valence-electron chi connectivity index (χ3n) is 3.97. The van der Waals surface area contributed by atoms with E-state index in [1.54, 1.807) is 48.5 Å². The fourth-order valence-electron chi connectivity index (χ4n) is 2.83. The molecular weight excluding hydrogens is 421 g/mol. The van der Waals surface area contributed by atoms with Gasteiger partial charge in [0, 0.05) is 13.1 Å². The highest BCUT2D eigenvalue weighted by molar-refractivity contribution is 7.88. The van der Waals surface area contributed by atoms with Gasteiger partial charge in [0.05, 0.1) is 0 Å². The lowest BCUT2D eigenvalue weighted by atomic mass is 10.2. The third-order valence-corrected chi connectivity index (χ3v) is 8.04. The molecule has 0 N–H and O–H groups in total. The molecule has 2 rings (SSSR count). The molecular formula is C19H24F3N2O3SSi. The van der Waals surface area contributed by atoms with Crippen LogP contribution in [0.15, 0.2) is 48.5 Å². The summed E-state index contributed by atoms with van der Waals surface area (Å²) in [7, 11) is -1.20. The molecule has 29 heavy (non-hydrogen) atoms. The minimum absolute atomic E-state index is 0.440. The molecule has 2 aromatic rings. The van der Waals surface area contributed by atoms with Crippen LogP contribution in [0.2, 0.25) is 0 Å². The van der Waals surface area contributed by atoms with E-state index in [1.807, 2.05) is 38.0 Å². The molecule has 159 valence electrons. The molecule has 0 aliphatic carbocycles. The van der Waals surface area contributed by atoms with Gasteiger partial charge in [-0.3, -0.25) is 3.87 Å². The second-order valence-corrected chi connectivity index (χ2v) is 10.9. The van der Waals surface area contributed by atoms with Gasteiger partial charge < -0.3 is 9.80 Å². The maximum atomic E-state index is 13.1. The van der Waals surface area contributed by atoms with Gasteiger partial charge in [-0.05, 0) is 49.7 Å². The predicted molar refractivity (Wildman–Crippen MR) is 109 cm³/mol. The summed E-state index contributed by atoms with van der Waals surface area (Å²) < 4.78 is 68.2. The Labute approximate surface area is 171 Å². The van der Waals surface area contributed by atoms with Gasteiger partial charge in [-0.2, -0.15) is 21.6 Å². The highest BCUT2D eigenvalue weighted by Crippen LogP contribution is 2.25. The first-order valence-electron chi connectivity index (χ1n) is 8.76. The number of rotatable bonds is 8. The van der Waals surface area contributed by atoms with Crippen LogP contribution >= 0.6 is 0 Å². The zero-order chi connectivity index (χ0) is 21.8. The van der Waals surface area contributed by atoms with Crippen LogP contribution < -0.4 is 10.4 Å². The largest absolute Gasteiger partial charge is 0.522 e. The summed E-state index contributed by atoms with van der Waals surface area (Å²) in [5, 5.41) is 0.954. The normalized spacial score (nSPS) is 12.9. The second-order valence-electron chi connectivity index (χ2n) is 7.10. The molecule has 0 saturated heterocycles. The summed E-state index contributed by atoms with van der Waals surface area (Å²) in [6.07, 6.45) is 0. The topological polar surface area (TPSA) is 49.9 Å². The molecule has 0 spiro atoms. The van der Waals surface area contributed by atoms with E-state index >= 15 is 0 Å². The number of halogens is 3. The molecule has 0 bridgehead atoms. The monoisotopic (exact) mass is 445 g/mol. The molecule has 0 aliphatic rings. The van der Waals surface area contributed by atoms with Crippen LogP contribution in [0.4, 0.5) is 13.2 Å². The Kier molecular flexibility index (Phi) is 7.63. The van der Waals surface area contributed by atoms with Crippen molar-refractivity contribution in [2.75, 3.05) is 28.2 Å². The van der Waals surface area contributed by atoms with Crippen LogP contribution in [0, 0.1) is 0 Å². The first-order chi connectivity index (χ1) is 13.4. The zero-order valence-corrected chi connectivity index (χ0v) is 18.5. The van der Waals surface area contributed by atoms with Crippen LogP contribution in [0.25, 0.3) is 0 Å². The van der Waals surface area contributed by atoms with Gasteiger partial charge in [0.25, 0.3) is 0 Å². The lowest BCUT2D eigenvalue weighted by Gasteiger charge is -2.23. The summed E-state index contributed by atoms with van der Waals surface area (Å²) in [4.78, 5) is 3.73. The van der Waals surface area contributed by atoms with Gasteiger partial charge >= 0.3 is 24.7 Å². The highest BCUT2D eigenvalue weighted by Gasteiger charge is 2.49. The van der Waals surface area contributed by atoms with E-state index in [0.717, 1.165) is 11.1 Å². The standard InChI is InChI=1S/C19H24F3N2O3SSi/c1-23(2)13-15-9-5-7-11-17(15)29(27-28(25,26)19(20,21)22)18-12-8-6-10-16(18)14-24(3)4/h5-12H,13-14H2,1-4H3. The Morgan fingerprint density at radius 2 is 1.21 bits per heavy atom. The third kappa shape index (κ3) is 6.13. The maximum Gasteiger partial charge on any atom is 0.522 e. The number of hydrogen-bond donors (Lipinski definition) is 0. The Morgan fingerprint density at radius 3 is 1.55 bits per heavy atom. The summed E-state index contributed by atoms with van der Waals surface area (Å²) in [6.45, 7) is 0.880. The molecule has 10 heteroatoms. The molecule has 0 saturated carbocycles. The molecule has 0 fully saturated rings. The van der Waals surface area contributed by atoms with Gasteiger partial charge in [0.15, 0.2) is 0 Å². The Hall–Kier alpha value is -1.72. The van der Waals surface area contributed by atoms with Gasteiger partial charge in [0.2, 0.25) is 0 Å². The smallest absolute Gasteiger partial charge is 0.305 e. The highest BCUT2D eigenvalue weighted by atomic mass is 32.2. The van der Waals surface area contributed by atoms with Crippen molar-refractivity contribution in [2.24, 2.45) is 0 Å². The SMILES string of the molecule is CN(C)Cc1ccccc1[Si](OS(=O)(=O)C(F)(F)F)c1ccccc1CN(C)C. The van der Waals surface area contributed by atoms with Crippen molar-refractivity contribution in [3.63, 3.8) is 0 Å². The Bertz CT molecular complexity index is 881. The lowest BCUT2D eigenvalue weighted by Crippen LogP contribution is -2.51. The Morgan fingerprint density at radius 1 is 0.828 bits per heavy atom. The van der Waals surface area contributed by atoms with E-state index in [4.69, 9.17) is 3.87 Å². The fraction of sp³-hybridized carbons (Fsp3) is 0.368. The van der Waals surface area contributed by atoms with Crippen LogP contribution in [-0.2, 0) is 27.1 Å². The minimum atomic E-state index is -5.77. The van der Waals surface area contributed by atoms with E-state index in [1.165, 1.54) is 0 Å². The van der Waals surface area contributed by atoms with Crippen molar-refractivity contribution in [1.82, 2.24) is 9.80 Å². The Balaban J connectivity index is 2.67. The van der Waals surface area contributed by atoms with Crippen LogP contribution in [-0.4, -0.2) is 61.0 Å². The molecule has 0 amide bonds. The lowest BCUT2D eigenvalue weighted by molar-refractivity contribution is -0.0500. The van der Waals surface area contributed by atoms with E-state index in [2.05, 4.69) is 0 Å². The average Bonchev–Trinajstić information content (AvgIpc) is 2.59. The summed E-state index contributed by atoms with van der Waals surface area (Å²) in [6, 6.07) is 13.7. The minimum Gasteiger partial charge on any atom is -0.305 e. The van der Waals surface area contributed by atoms with E-state index in [9.17, 15) is 21.6 Å². The van der Waals surface area contributed by atoms with Crippen molar-refractivity contribution in [3.8, 4) is 0 Å². The zero-order valence-electron chi connectivity index (χ0n) is 16.7. The van der Waals surface area contributed by atoms with Crippen LogP contribution in [0.3, 0.4) is 0 Å². The molecule has 0 unspecified atom stereocenters. The summed E-state index contributed by atoms with van der Waals surface area (Å²) in [5.74, 6) is 0. The number of alkyl halides is 3. The van der Waals surface area contributed by atoms with Crippen molar-refractivity contribution < 1.29 is 25.5 Å². The molecule has 0 aromatic heterocycles. The molecule has 0 heterocycles. The predicted octanol–water partition coefficient (Wildman–Crippen LogP) is 1.78. The van der Waals surface area contributed by atoms with E-state index in [-0.39, 0.29) is 0 Å². The quantitative estimate of drug-likeness (QED) is 0.458. The molecule has 0 aliphatic heterocycles. The molecule has 5 nitrogen and oxygen atoms in total. The molecule has 2 aromatic carbocycles. The maximum absolute atomic E-state index is 13.1. The van der Waals surface area contributed by atoms with Gasteiger partial charge in [-0.15, -0.1) is 0 Å². The van der Waals surface area contributed by atoms with Crippen molar-refractivity contribution in [3.05, 3.63) is 59.7 Å². The molecule has 0 atom stereocenters. The average molecular weight is 446 g/mol. The summed E-state index contributed by atoms with van der Waals surface area (Å²) in [5.41, 5.74) is -4.04. The number of hydrogen-bond acceptors (Lipinski definition) is 5. The second kappa shape index (κ2) is 9.39. The van der Waals surface area contributed by atoms with Crippen LogP contribution in [0.1, 0.15) is 11.1 Å². The van der Waals surface area contributed by atoms with Crippen molar-refractivity contribution >= 4 is 29.5 Å². The number of benzene rings is 2. The fourth-order valence-corrected chi connectivity index (χ4v) is 6.50. The first-order valence-corrected chi connectivity index (χ1v) is 11.6. The first kappa shape index (κ1) is 23.6. The van der Waals surface area contributed by atoms with Gasteiger partial charge in [-0.1, -0.05) is 48.5 Å². The van der Waals surface area contributed by atoms with Crippen molar-refractivity contribution in [1.29, 1.82) is 0 Å². The van der Waals surface area contributed by atoms with E-state index < -0.39 is 24.7 Å². The number of nitrogens with zero attached hydrogens (tertiary/aromatic N) is 2. The van der Waals surface area contributed by atoms with Gasteiger partial charge in [-0.25, -0.2) is 0 Å². The molecule has 1 radical (unpaired) electrons.